The summed E-state index contributed by atoms with van der Waals surface area (Å²) >= 11 is 6.72. The van der Waals surface area contributed by atoms with Crippen LogP contribution in [-0.4, -0.2) is 23.3 Å². The van der Waals surface area contributed by atoms with E-state index in [4.69, 9.17) is 11.6 Å². The third-order valence-corrected chi connectivity index (χ3v) is 7.09. The molecule has 0 aromatic heterocycles. The Morgan fingerprint density at radius 3 is 2.43 bits per heavy atom. The van der Waals surface area contributed by atoms with Gasteiger partial charge >= 0.3 is 0 Å². The van der Waals surface area contributed by atoms with Crippen molar-refractivity contribution >= 4 is 35.0 Å². The Balaban J connectivity index is 1.45. The molecule has 5 nitrogen and oxygen atoms in total. The second-order valence-corrected chi connectivity index (χ2v) is 8.94. The first-order valence-electron chi connectivity index (χ1n) is 10.5. The highest BCUT2D eigenvalue weighted by atomic mass is 35.5. The molecule has 1 spiro atoms. The van der Waals surface area contributed by atoms with Gasteiger partial charge in [-0.05, 0) is 55.4 Å². The number of benzene rings is 2. The fraction of sp³-hybridized carbons (Fsp3) is 0.375. The first kappa shape index (κ1) is 19.3. The second-order valence-electron chi connectivity index (χ2n) is 8.57. The van der Waals surface area contributed by atoms with Crippen LogP contribution in [0.2, 0.25) is 5.02 Å². The van der Waals surface area contributed by atoms with E-state index in [2.05, 4.69) is 5.32 Å². The van der Waals surface area contributed by atoms with Gasteiger partial charge in [0.15, 0.2) is 0 Å². The van der Waals surface area contributed by atoms with Crippen LogP contribution in [0.5, 0.6) is 0 Å². The molecular weight excluding hydrogens is 400 g/mol. The van der Waals surface area contributed by atoms with Crippen molar-refractivity contribution in [2.45, 2.75) is 56.4 Å². The summed E-state index contributed by atoms with van der Waals surface area (Å²) in [6, 6.07) is 13.6. The van der Waals surface area contributed by atoms with Gasteiger partial charge in [-0.3, -0.25) is 19.7 Å². The lowest BCUT2D eigenvalue weighted by molar-refractivity contribution is -0.134. The smallest absolute Gasteiger partial charge is 0.234 e. The number of carbonyl (C=O) groups excluding carboxylic acids is 3. The van der Waals surface area contributed by atoms with Crippen LogP contribution in [-0.2, 0) is 14.4 Å². The zero-order valence-electron chi connectivity index (χ0n) is 16.6. The Hall–Kier alpha value is -2.66. The number of halogens is 1. The zero-order valence-corrected chi connectivity index (χ0v) is 17.4. The fourth-order valence-electron chi connectivity index (χ4n) is 4.91. The van der Waals surface area contributed by atoms with Crippen molar-refractivity contribution in [3.05, 3.63) is 53.1 Å². The molecule has 1 N–H and O–H groups in total. The van der Waals surface area contributed by atoms with E-state index in [0.29, 0.717) is 24.3 Å². The number of carbonyl (C=O) groups is 3. The number of anilines is 1. The van der Waals surface area contributed by atoms with Crippen molar-refractivity contribution in [2.24, 2.45) is 0 Å². The molecule has 154 valence electrons. The molecule has 6 heteroatoms. The predicted octanol–water partition coefficient (Wildman–Crippen LogP) is 4.58. The van der Waals surface area contributed by atoms with Crippen molar-refractivity contribution in [2.75, 3.05) is 4.90 Å². The Labute approximate surface area is 180 Å². The molecule has 1 unspecified atom stereocenters. The maximum atomic E-state index is 12.6. The maximum Gasteiger partial charge on any atom is 0.234 e. The quantitative estimate of drug-likeness (QED) is 0.736. The highest BCUT2D eigenvalue weighted by Crippen LogP contribution is 2.50. The number of hydrogen-bond donors (Lipinski definition) is 1. The molecule has 3 aliphatic rings. The summed E-state index contributed by atoms with van der Waals surface area (Å²) in [5, 5.41) is 2.94. The largest absolute Gasteiger partial charge is 0.306 e. The fourth-order valence-corrected chi connectivity index (χ4v) is 5.28. The van der Waals surface area contributed by atoms with Gasteiger partial charge in [-0.2, -0.15) is 0 Å². The van der Waals surface area contributed by atoms with E-state index >= 15 is 0 Å². The monoisotopic (exact) mass is 422 g/mol. The van der Waals surface area contributed by atoms with Gasteiger partial charge in [0.05, 0.1) is 10.9 Å². The molecule has 0 bridgehead atoms. The molecule has 5 rings (SSSR count). The SMILES string of the molecule is O=C1CCC(c2cccc(-c3ccc(N4C(=O)CCCC45CC5)cc3)c2Cl)C(=O)N1. The minimum atomic E-state index is -0.421. The molecule has 1 saturated carbocycles. The lowest BCUT2D eigenvalue weighted by Crippen LogP contribution is -2.45. The van der Waals surface area contributed by atoms with Gasteiger partial charge in [0.1, 0.15) is 0 Å². The van der Waals surface area contributed by atoms with Crippen molar-refractivity contribution in [3.63, 3.8) is 0 Å². The highest BCUT2D eigenvalue weighted by Gasteiger charge is 2.52. The number of rotatable bonds is 3. The number of amides is 3. The van der Waals surface area contributed by atoms with Gasteiger partial charge < -0.3 is 4.90 Å². The number of hydrogen-bond acceptors (Lipinski definition) is 3. The van der Waals surface area contributed by atoms with Gasteiger partial charge in [0.2, 0.25) is 17.7 Å². The molecular formula is C24H23ClN2O3. The van der Waals surface area contributed by atoms with E-state index < -0.39 is 5.92 Å². The van der Waals surface area contributed by atoms with Crippen LogP contribution in [0, 0.1) is 0 Å². The highest BCUT2D eigenvalue weighted by molar-refractivity contribution is 6.34. The van der Waals surface area contributed by atoms with E-state index in [9.17, 15) is 14.4 Å². The van der Waals surface area contributed by atoms with Gasteiger partial charge in [-0.1, -0.05) is 41.9 Å². The predicted molar refractivity (Wildman–Crippen MR) is 115 cm³/mol. The molecule has 3 amide bonds. The third kappa shape index (κ3) is 3.21. The molecule has 1 atom stereocenters. The normalized spacial score (nSPS) is 22.9. The van der Waals surface area contributed by atoms with Crippen LogP contribution in [0.1, 0.15) is 56.4 Å². The summed E-state index contributed by atoms with van der Waals surface area (Å²) in [5.41, 5.74) is 3.51. The molecule has 3 fully saturated rings. The molecule has 2 saturated heterocycles. The van der Waals surface area contributed by atoms with Gasteiger partial charge in [0, 0.05) is 29.6 Å². The number of piperidine rings is 2. The van der Waals surface area contributed by atoms with Crippen molar-refractivity contribution < 1.29 is 14.4 Å². The van der Waals surface area contributed by atoms with Gasteiger partial charge in [-0.25, -0.2) is 0 Å². The Morgan fingerprint density at radius 2 is 1.73 bits per heavy atom. The Bertz CT molecular complexity index is 1040. The first-order chi connectivity index (χ1) is 14.5. The topological polar surface area (TPSA) is 66.5 Å². The number of nitrogens with zero attached hydrogens (tertiary/aromatic N) is 1. The Kier molecular flexibility index (Phi) is 4.66. The standard InChI is InChI=1S/C24H23ClN2O3/c25-22-17(3-1-4-18(22)19-10-11-20(28)26-23(19)30)15-6-8-16(9-7-15)27-21(29)5-2-12-24(27)13-14-24/h1,3-4,6-9,19H,2,5,10-14H2,(H,26,28,30). The number of imide groups is 1. The first-order valence-corrected chi connectivity index (χ1v) is 10.9. The van der Waals surface area contributed by atoms with Crippen LogP contribution in [0.25, 0.3) is 11.1 Å². The molecule has 2 aromatic carbocycles. The van der Waals surface area contributed by atoms with Crippen molar-refractivity contribution in [1.29, 1.82) is 0 Å². The average molecular weight is 423 g/mol. The summed E-state index contributed by atoms with van der Waals surface area (Å²) in [5.74, 6) is -0.738. The lowest BCUT2D eigenvalue weighted by atomic mass is 9.88. The lowest BCUT2D eigenvalue weighted by Gasteiger charge is -2.36. The van der Waals surface area contributed by atoms with E-state index in [1.807, 2.05) is 47.4 Å². The van der Waals surface area contributed by atoms with E-state index in [-0.39, 0.29) is 23.3 Å². The van der Waals surface area contributed by atoms with Gasteiger partial charge in [-0.15, -0.1) is 0 Å². The molecule has 0 radical (unpaired) electrons. The second kappa shape index (κ2) is 7.24. The van der Waals surface area contributed by atoms with Crippen molar-refractivity contribution in [3.8, 4) is 11.1 Å². The molecule has 30 heavy (non-hydrogen) atoms. The third-order valence-electron chi connectivity index (χ3n) is 6.66. The Morgan fingerprint density at radius 1 is 0.967 bits per heavy atom. The maximum absolute atomic E-state index is 12.6. The average Bonchev–Trinajstić information content (AvgIpc) is 3.49. The van der Waals surface area contributed by atoms with Crippen LogP contribution in [0.3, 0.4) is 0 Å². The minimum Gasteiger partial charge on any atom is -0.306 e. The molecule has 1 aliphatic carbocycles. The van der Waals surface area contributed by atoms with E-state index in [1.165, 1.54) is 0 Å². The van der Waals surface area contributed by atoms with E-state index in [0.717, 1.165) is 48.1 Å². The van der Waals surface area contributed by atoms with Crippen molar-refractivity contribution in [1.82, 2.24) is 5.32 Å². The van der Waals surface area contributed by atoms with Crippen LogP contribution >= 0.6 is 11.6 Å². The summed E-state index contributed by atoms with van der Waals surface area (Å²) in [7, 11) is 0. The minimum absolute atomic E-state index is 0.0419. The molecule has 2 aliphatic heterocycles. The number of nitrogens with one attached hydrogen (secondary N) is 1. The summed E-state index contributed by atoms with van der Waals surface area (Å²) in [4.78, 5) is 38.3. The van der Waals surface area contributed by atoms with Gasteiger partial charge in [0.25, 0.3) is 0 Å². The van der Waals surface area contributed by atoms with Crippen LogP contribution < -0.4 is 10.2 Å². The van der Waals surface area contributed by atoms with E-state index in [1.54, 1.807) is 0 Å². The summed E-state index contributed by atoms with van der Waals surface area (Å²) in [6.07, 6.45) is 5.63. The van der Waals surface area contributed by atoms with Crippen LogP contribution in [0.4, 0.5) is 5.69 Å². The summed E-state index contributed by atoms with van der Waals surface area (Å²) in [6.45, 7) is 0. The zero-order chi connectivity index (χ0) is 20.9. The molecule has 2 heterocycles. The summed E-state index contributed by atoms with van der Waals surface area (Å²) < 4.78 is 0. The molecule has 2 aromatic rings. The van der Waals surface area contributed by atoms with Crippen LogP contribution in [0.15, 0.2) is 42.5 Å².